The number of rotatable bonds is 7. The molecule has 140 valence electrons. The molecule has 0 spiro atoms. The van der Waals surface area contributed by atoms with E-state index < -0.39 is 5.25 Å². The molecular formula is C19H19FN4OS2. The third-order valence-corrected chi connectivity index (χ3v) is 5.68. The van der Waals surface area contributed by atoms with Gasteiger partial charge in [-0.05, 0) is 43.7 Å². The SMILES string of the molecule is CC(C)Nc1nnc(SC(C(=O)Nc2ccc(F)cc2)c2ccccc2)s1. The summed E-state index contributed by atoms with van der Waals surface area (Å²) < 4.78 is 13.8. The summed E-state index contributed by atoms with van der Waals surface area (Å²) in [7, 11) is 0. The van der Waals surface area contributed by atoms with Crippen LogP contribution in [0.2, 0.25) is 0 Å². The Balaban J connectivity index is 1.79. The quantitative estimate of drug-likeness (QED) is 0.546. The Labute approximate surface area is 165 Å². The second-order valence-corrected chi connectivity index (χ2v) is 8.41. The van der Waals surface area contributed by atoms with Gasteiger partial charge in [-0.1, -0.05) is 53.4 Å². The zero-order valence-electron chi connectivity index (χ0n) is 14.8. The van der Waals surface area contributed by atoms with Crippen molar-refractivity contribution in [2.24, 2.45) is 0 Å². The molecule has 2 aromatic carbocycles. The molecule has 0 radical (unpaired) electrons. The molecule has 0 saturated carbocycles. The lowest BCUT2D eigenvalue weighted by atomic mass is 10.1. The van der Waals surface area contributed by atoms with Gasteiger partial charge in [0.25, 0.3) is 0 Å². The molecule has 0 saturated heterocycles. The lowest BCUT2D eigenvalue weighted by Gasteiger charge is -2.15. The van der Waals surface area contributed by atoms with E-state index in [0.717, 1.165) is 10.7 Å². The van der Waals surface area contributed by atoms with Crippen molar-refractivity contribution in [3.63, 3.8) is 0 Å². The van der Waals surface area contributed by atoms with Gasteiger partial charge in [0.15, 0.2) is 4.34 Å². The van der Waals surface area contributed by atoms with Crippen molar-refractivity contribution < 1.29 is 9.18 Å². The number of carbonyl (C=O) groups excluding carboxylic acids is 1. The highest BCUT2D eigenvalue weighted by Gasteiger charge is 2.24. The van der Waals surface area contributed by atoms with Gasteiger partial charge >= 0.3 is 0 Å². The van der Waals surface area contributed by atoms with Crippen LogP contribution in [0.5, 0.6) is 0 Å². The number of carbonyl (C=O) groups is 1. The van der Waals surface area contributed by atoms with E-state index in [-0.39, 0.29) is 17.8 Å². The van der Waals surface area contributed by atoms with Crippen LogP contribution >= 0.6 is 23.1 Å². The number of thioether (sulfide) groups is 1. The summed E-state index contributed by atoms with van der Waals surface area (Å²) in [6.07, 6.45) is 0. The molecule has 3 aromatic rings. The number of halogens is 1. The third-order valence-electron chi connectivity index (χ3n) is 3.49. The maximum Gasteiger partial charge on any atom is 0.242 e. The number of aromatic nitrogens is 2. The average molecular weight is 403 g/mol. The van der Waals surface area contributed by atoms with Gasteiger partial charge in [0, 0.05) is 11.7 Å². The minimum atomic E-state index is -0.504. The van der Waals surface area contributed by atoms with Gasteiger partial charge in [0.05, 0.1) is 0 Å². The summed E-state index contributed by atoms with van der Waals surface area (Å²) in [6, 6.07) is 15.4. The molecule has 1 heterocycles. The van der Waals surface area contributed by atoms with Crippen LogP contribution in [0.25, 0.3) is 0 Å². The molecule has 8 heteroatoms. The van der Waals surface area contributed by atoms with Crippen LogP contribution in [-0.4, -0.2) is 22.1 Å². The normalized spacial score (nSPS) is 12.0. The Morgan fingerprint density at radius 3 is 2.44 bits per heavy atom. The van der Waals surface area contributed by atoms with Crippen LogP contribution < -0.4 is 10.6 Å². The topological polar surface area (TPSA) is 66.9 Å². The van der Waals surface area contributed by atoms with Crippen molar-refractivity contribution in [2.45, 2.75) is 29.5 Å². The molecule has 1 unspecified atom stereocenters. The Bertz CT molecular complexity index is 884. The van der Waals surface area contributed by atoms with E-state index in [4.69, 9.17) is 0 Å². The fourth-order valence-corrected chi connectivity index (χ4v) is 4.40. The van der Waals surface area contributed by atoms with Crippen molar-refractivity contribution in [2.75, 3.05) is 10.6 Å². The van der Waals surface area contributed by atoms with Gasteiger partial charge < -0.3 is 10.6 Å². The molecule has 1 amide bonds. The third kappa shape index (κ3) is 5.51. The molecule has 1 atom stereocenters. The molecular weight excluding hydrogens is 383 g/mol. The number of benzene rings is 2. The van der Waals surface area contributed by atoms with Crippen LogP contribution in [-0.2, 0) is 4.79 Å². The highest BCUT2D eigenvalue weighted by Crippen LogP contribution is 2.38. The average Bonchev–Trinajstić information content (AvgIpc) is 3.08. The first-order chi connectivity index (χ1) is 13.0. The summed E-state index contributed by atoms with van der Waals surface area (Å²) in [4.78, 5) is 12.9. The molecule has 0 fully saturated rings. The number of hydrogen-bond acceptors (Lipinski definition) is 6. The zero-order chi connectivity index (χ0) is 19.2. The largest absolute Gasteiger partial charge is 0.358 e. The van der Waals surface area contributed by atoms with E-state index in [1.165, 1.54) is 47.4 Å². The van der Waals surface area contributed by atoms with Crippen LogP contribution in [0, 0.1) is 5.82 Å². The first-order valence-electron chi connectivity index (χ1n) is 8.39. The summed E-state index contributed by atoms with van der Waals surface area (Å²) in [5.74, 6) is -0.549. The number of anilines is 2. The summed E-state index contributed by atoms with van der Waals surface area (Å²) >= 11 is 2.75. The first kappa shape index (κ1) is 19.3. The molecule has 3 rings (SSSR count). The maximum atomic E-state index is 13.1. The lowest BCUT2D eigenvalue weighted by Crippen LogP contribution is -2.19. The minimum absolute atomic E-state index is 0.202. The Kier molecular flexibility index (Phi) is 6.41. The Hall–Kier alpha value is -2.45. The monoisotopic (exact) mass is 402 g/mol. The Morgan fingerprint density at radius 1 is 1.07 bits per heavy atom. The fourth-order valence-electron chi connectivity index (χ4n) is 2.31. The van der Waals surface area contributed by atoms with Crippen molar-refractivity contribution >= 4 is 39.8 Å². The van der Waals surface area contributed by atoms with Crippen molar-refractivity contribution in [3.8, 4) is 0 Å². The van der Waals surface area contributed by atoms with Crippen molar-refractivity contribution in [3.05, 3.63) is 66.0 Å². The predicted molar refractivity (Wildman–Crippen MR) is 109 cm³/mol. The summed E-state index contributed by atoms with van der Waals surface area (Å²) in [6.45, 7) is 4.05. The van der Waals surface area contributed by atoms with Gasteiger partial charge in [0.2, 0.25) is 11.0 Å². The molecule has 27 heavy (non-hydrogen) atoms. The molecule has 5 nitrogen and oxygen atoms in total. The predicted octanol–water partition coefficient (Wildman–Crippen LogP) is 4.97. The zero-order valence-corrected chi connectivity index (χ0v) is 16.5. The highest BCUT2D eigenvalue weighted by molar-refractivity contribution is 8.02. The van der Waals surface area contributed by atoms with Gasteiger partial charge in [-0.3, -0.25) is 4.79 Å². The molecule has 0 bridgehead atoms. The van der Waals surface area contributed by atoms with E-state index in [9.17, 15) is 9.18 Å². The first-order valence-corrected chi connectivity index (χ1v) is 10.1. The number of hydrogen-bond donors (Lipinski definition) is 2. The number of nitrogens with one attached hydrogen (secondary N) is 2. The second-order valence-electron chi connectivity index (χ2n) is 6.08. The van der Waals surface area contributed by atoms with Crippen molar-refractivity contribution in [1.29, 1.82) is 0 Å². The van der Waals surface area contributed by atoms with E-state index in [2.05, 4.69) is 20.8 Å². The van der Waals surface area contributed by atoms with E-state index in [1.807, 2.05) is 44.2 Å². The molecule has 0 aliphatic carbocycles. The van der Waals surface area contributed by atoms with Crippen LogP contribution in [0.4, 0.5) is 15.2 Å². The Morgan fingerprint density at radius 2 is 1.78 bits per heavy atom. The van der Waals surface area contributed by atoms with Crippen LogP contribution in [0.1, 0.15) is 24.7 Å². The molecule has 1 aromatic heterocycles. The molecule has 0 aliphatic rings. The van der Waals surface area contributed by atoms with Gasteiger partial charge in [-0.25, -0.2) is 4.39 Å². The number of nitrogens with zero attached hydrogens (tertiary/aromatic N) is 2. The maximum absolute atomic E-state index is 13.1. The van der Waals surface area contributed by atoms with E-state index in [1.54, 1.807) is 0 Å². The van der Waals surface area contributed by atoms with Crippen LogP contribution in [0.15, 0.2) is 58.9 Å². The standard InChI is InChI=1S/C19H19FN4OS2/c1-12(2)21-18-23-24-19(27-18)26-16(13-6-4-3-5-7-13)17(25)22-15-10-8-14(20)9-11-15/h3-12,16H,1-2H3,(H,21,23)(H,22,25). The molecule has 0 aliphatic heterocycles. The number of amides is 1. The molecule has 2 N–H and O–H groups in total. The van der Waals surface area contributed by atoms with E-state index in [0.29, 0.717) is 10.0 Å². The van der Waals surface area contributed by atoms with Crippen LogP contribution in [0.3, 0.4) is 0 Å². The smallest absolute Gasteiger partial charge is 0.242 e. The van der Waals surface area contributed by atoms with E-state index >= 15 is 0 Å². The fraction of sp³-hybridized carbons (Fsp3) is 0.211. The van der Waals surface area contributed by atoms with Gasteiger partial charge in [-0.15, -0.1) is 10.2 Å². The lowest BCUT2D eigenvalue weighted by molar-refractivity contribution is -0.115. The van der Waals surface area contributed by atoms with Crippen molar-refractivity contribution in [1.82, 2.24) is 10.2 Å². The highest BCUT2D eigenvalue weighted by atomic mass is 32.2. The summed E-state index contributed by atoms with van der Waals surface area (Å²) in [5.41, 5.74) is 1.40. The minimum Gasteiger partial charge on any atom is -0.358 e. The second kappa shape index (κ2) is 8.96. The van der Waals surface area contributed by atoms with Gasteiger partial charge in [-0.2, -0.15) is 0 Å². The van der Waals surface area contributed by atoms with Gasteiger partial charge in [0.1, 0.15) is 11.1 Å². The summed E-state index contributed by atoms with van der Waals surface area (Å²) in [5, 5.41) is 14.6.